The van der Waals surface area contributed by atoms with Gasteiger partial charge in [0.05, 0.1) is 6.20 Å². The van der Waals surface area contributed by atoms with Gasteiger partial charge < -0.3 is 19.3 Å². The zero-order valence-corrected chi connectivity index (χ0v) is 14.2. The Balaban J connectivity index is 1.53. The molecule has 0 saturated carbocycles. The summed E-state index contributed by atoms with van der Waals surface area (Å²) in [6.07, 6.45) is 4.43. The Bertz CT molecular complexity index is 847. The van der Waals surface area contributed by atoms with E-state index in [-0.39, 0.29) is 6.04 Å². The SMILES string of the molecule is CC(O)c1nccc(N2CCN(c3nc4cnccc4o3)CC2C)n1. The lowest BCUT2D eigenvalue weighted by Crippen LogP contribution is -2.52. The van der Waals surface area contributed by atoms with Crippen molar-refractivity contribution >= 4 is 22.9 Å². The third kappa shape index (κ3) is 3.00. The van der Waals surface area contributed by atoms with E-state index in [0.717, 1.165) is 36.6 Å². The first-order chi connectivity index (χ1) is 12.1. The maximum absolute atomic E-state index is 9.69. The molecule has 0 radical (unpaired) electrons. The lowest BCUT2D eigenvalue weighted by atomic mass is 10.2. The van der Waals surface area contributed by atoms with Gasteiger partial charge in [0, 0.05) is 44.1 Å². The molecule has 4 heterocycles. The smallest absolute Gasteiger partial charge is 0.298 e. The van der Waals surface area contributed by atoms with E-state index in [1.165, 1.54) is 0 Å². The van der Waals surface area contributed by atoms with Crippen molar-refractivity contribution in [2.45, 2.75) is 26.0 Å². The second-order valence-corrected chi connectivity index (χ2v) is 6.28. The molecule has 0 spiro atoms. The monoisotopic (exact) mass is 340 g/mol. The van der Waals surface area contributed by atoms with Crippen LogP contribution in [0, 0.1) is 0 Å². The highest BCUT2D eigenvalue weighted by Gasteiger charge is 2.27. The lowest BCUT2D eigenvalue weighted by molar-refractivity contribution is 0.189. The van der Waals surface area contributed by atoms with Crippen molar-refractivity contribution in [1.82, 2.24) is 19.9 Å². The second kappa shape index (κ2) is 6.29. The standard InChI is InChI=1S/C17H20N6O2/c1-11-10-22(17-20-13-9-18-5-3-14(13)25-17)7-8-23(11)15-4-6-19-16(21-15)12(2)24/h3-6,9,11-12,24H,7-8,10H2,1-2H3. The Morgan fingerprint density at radius 2 is 2.12 bits per heavy atom. The average Bonchev–Trinajstić information content (AvgIpc) is 3.06. The summed E-state index contributed by atoms with van der Waals surface area (Å²) in [6, 6.07) is 4.55. The molecule has 0 aromatic carbocycles. The first kappa shape index (κ1) is 15.8. The third-order valence-electron chi connectivity index (χ3n) is 4.40. The first-order valence-corrected chi connectivity index (χ1v) is 8.35. The van der Waals surface area contributed by atoms with Crippen LogP contribution in [0.3, 0.4) is 0 Å². The van der Waals surface area contributed by atoms with Gasteiger partial charge in [0.15, 0.2) is 11.4 Å². The number of fused-ring (bicyclic) bond motifs is 1. The summed E-state index contributed by atoms with van der Waals surface area (Å²) in [5.41, 5.74) is 1.52. The molecule has 2 unspecified atom stereocenters. The highest BCUT2D eigenvalue weighted by Crippen LogP contribution is 2.25. The van der Waals surface area contributed by atoms with Crippen molar-refractivity contribution in [3.05, 3.63) is 36.5 Å². The number of hydrogen-bond donors (Lipinski definition) is 1. The molecule has 1 aliphatic heterocycles. The zero-order chi connectivity index (χ0) is 17.4. The van der Waals surface area contributed by atoms with Crippen molar-refractivity contribution in [3.63, 3.8) is 0 Å². The fraction of sp³-hybridized carbons (Fsp3) is 0.412. The largest absolute Gasteiger partial charge is 0.423 e. The predicted octanol–water partition coefficient (Wildman–Crippen LogP) is 1.78. The van der Waals surface area contributed by atoms with Crippen LogP contribution in [0.25, 0.3) is 11.1 Å². The van der Waals surface area contributed by atoms with Gasteiger partial charge in [-0.1, -0.05) is 0 Å². The first-order valence-electron chi connectivity index (χ1n) is 8.35. The van der Waals surface area contributed by atoms with Gasteiger partial charge in [-0.3, -0.25) is 4.98 Å². The van der Waals surface area contributed by atoms with Crippen LogP contribution in [-0.4, -0.2) is 50.7 Å². The molecule has 0 bridgehead atoms. The molecule has 8 heteroatoms. The van der Waals surface area contributed by atoms with Crippen LogP contribution >= 0.6 is 0 Å². The molecule has 8 nitrogen and oxygen atoms in total. The molecule has 3 aromatic heterocycles. The summed E-state index contributed by atoms with van der Waals surface area (Å²) in [5, 5.41) is 9.69. The summed E-state index contributed by atoms with van der Waals surface area (Å²) in [5.74, 6) is 1.28. The van der Waals surface area contributed by atoms with Crippen molar-refractivity contribution in [2.75, 3.05) is 29.4 Å². The van der Waals surface area contributed by atoms with Crippen LogP contribution < -0.4 is 9.80 Å². The van der Waals surface area contributed by atoms with Crippen LogP contribution in [0.2, 0.25) is 0 Å². The molecule has 0 amide bonds. The van der Waals surface area contributed by atoms with E-state index in [2.05, 4.69) is 36.7 Å². The summed E-state index contributed by atoms with van der Waals surface area (Å²) in [7, 11) is 0. The van der Waals surface area contributed by atoms with Crippen LogP contribution in [0.5, 0.6) is 0 Å². The molecule has 1 saturated heterocycles. The minimum atomic E-state index is -0.676. The number of nitrogens with zero attached hydrogens (tertiary/aromatic N) is 6. The normalized spacial score (nSPS) is 19.4. The maximum Gasteiger partial charge on any atom is 0.298 e. The molecule has 4 rings (SSSR count). The lowest BCUT2D eigenvalue weighted by Gasteiger charge is -2.39. The third-order valence-corrected chi connectivity index (χ3v) is 4.40. The molecule has 1 aliphatic rings. The minimum absolute atomic E-state index is 0.221. The van der Waals surface area contributed by atoms with E-state index in [1.54, 1.807) is 25.5 Å². The number of pyridine rings is 1. The van der Waals surface area contributed by atoms with Crippen LogP contribution in [0.4, 0.5) is 11.8 Å². The molecule has 130 valence electrons. The molecule has 1 fully saturated rings. The predicted molar refractivity (Wildman–Crippen MR) is 93.5 cm³/mol. The van der Waals surface area contributed by atoms with E-state index in [1.807, 2.05) is 12.1 Å². The van der Waals surface area contributed by atoms with Gasteiger partial charge >= 0.3 is 0 Å². The summed E-state index contributed by atoms with van der Waals surface area (Å²) in [6.45, 7) is 6.14. The highest BCUT2D eigenvalue weighted by atomic mass is 16.4. The van der Waals surface area contributed by atoms with Gasteiger partial charge in [0.25, 0.3) is 6.01 Å². The quantitative estimate of drug-likeness (QED) is 0.771. The summed E-state index contributed by atoms with van der Waals surface area (Å²) in [4.78, 5) is 21.5. The van der Waals surface area contributed by atoms with Crippen molar-refractivity contribution in [3.8, 4) is 0 Å². The molecular formula is C17H20N6O2. The van der Waals surface area contributed by atoms with Crippen LogP contribution in [0.15, 0.2) is 35.1 Å². The zero-order valence-electron chi connectivity index (χ0n) is 14.2. The number of aromatic nitrogens is 4. The second-order valence-electron chi connectivity index (χ2n) is 6.28. The Labute approximate surface area is 145 Å². The van der Waals surface area contributed by atoms with Gasteiger partial charge in [-0.25, -0.2) is 9.97 Å². The molecule has 25 heavy (non-hydrogen) atoms. The molecule has 3 aromatic rings. The summed E-state index contributed by atoms with van der Waals surface area (Å²) >= 11 is 0. The Morgan fingerprint density at radius 3 is 2.88 bits per heavy atom. The Kier molecular flexibility index (Phi) is 3.96. The van der Waals surface area contributed by atoms with Gasteiger partial charge in [0.1, 0.15) is 17.4 Å². The van der Waals surface area contributed by atoms with E-state index < -0.39 is 6.10 Å². The number of oxazole rings is 1. The van der Waals surface area contributed by atoms with Crippen LogP contribution in [-0.2, 0) is 0 Å². The number of aliphatic hydroxyl groups is 1. The van der Waals surface area contributed by atoms with E-state index >= 15 is 0 Å². The van der Waals surface area contributed by atoms with E-state index in [0.29, 0.717) is 11.8 Å². The van der Waals surface area contributed by atoms with E-state index in [4.69, 9.17) is 4.42 Å². The number of anilines is 2. The molecular weight excluding hydrogens is 320 g/mol. The number of piperazine rings is 1. The van der Waals surface area contributed by atoms with Crippen molar-refractivity contribution < 1.29 is 9.52 Å². The van der Waals surface area contributed by atoms with Gasteiger partial charge in [-0.15, -0.1) is 0 Å². The van der Waals surface area contributed by atoms with Gasteiger partial charge in [0.2, 0.25) is 0 Å². The van der Waals surface area contributed by atoms with Gasteiger partial charge in [-0.2, -0.15) is 4.98 Å². The Hall–Kier alpha value is -2.74. The molecule has 1 N–H and O–H groups in total. The average molecular weight is 340 g/mol. The minimum Gasteiger partial charge on any atom is -0.423 e. The van der Waals surface area contributed by atoms with E-state index in [9.17, 15) is 5.11 Å². The fourth-order valence-electron chi connectivity index (χ4n) is 3.10. The topological polar surface area (TPSA) is 91.4 Å². The number of rotatable bonds is 3. The maximum atomic E-state index is 9.69. The molecule has 2 atom stereocenters. The number of aliphatic hydroxyl groups excluding tert-OH is 1. The summed E-state index contributed by atoms with van der Waals surface area (Å²) < 4.78 is 5.84. The highest BCUT2D eigenvalue weighted by molar-refractivity contribution is 5.73. The van der Waals surface area contributed by atoms with Gasteiger partial charge in [-0.05, 0) is 19.9 Å². The van der Waals surface area contributed by atoms with Crippen molar-refractivity contribution in [1.29, 1.82) is 0 Å². The number of hydrogen-bond acceptors (Lipinski definition) is 8. The van der Waals surface area contributed by atoms with Crippen molar-refractivity contribution in [2.24, 2.45) is 0 Å². The fourth-order valence-corrected chi connectivity index (χ4v) is 3.10. The Morgan fingerprint density at radius 1 is 1.24 bits per heavy atom. The molecule has 0 aliphatic carbocycles. The van der Waals surface area contributed by atoms with Crippen LogP contribution in [0.1, 0.15) is 25.8 Å².